The number of anilines is 9. The van der Waals surface area contributed by atoms with Crippen LogP contribution in [0.3, 0.4) is 0 Å². The Morgan fingerprint density at radius 1 is 0.344 bits per heavy atom. The number of hydrogen-bond donors (Lipinski definition) is 0. The number of nitrogens with zero attached hydrogens (tertiary/aromatic N) is 3. The third kappa shape index (κ3) is 4.68. The molecule has 5 heterocycles. The van der Waals surface area contributed by atoms with Crippen molar-refractivity contribution in [3.05, 3.63) is 200 Å². The predicted octanol–water partition coefficient (Wildman–Crippen LogP) is 10.9. The molecular formula is C54H33B2N3S2. The summed E-state index contributed by atoms with van der Waals surface area (Å²) in [4.78, 5) is 10.2. The molecule has 0 fully saturated rings. The SMILES string of the molecule is c1ccc(N2c3ccccc3B3c4cc5c(cc4Sc4cccc2c43)N(c2ccccc2)c2cccc3c2B5c2ccc4c(sc5ccccc54)c2N3c2ccccc2)cc1. The number of fused-ring (bicyclic) bond motifs is 12. The molecule has 0 unspecified atom stereocenters. The lowest BCUT2D eigenvalue weighted by molar-refractivity contribution is 1.25. The summed E-state index contributed by atoms with van der Waals surface area (Å²) < 4.78 is 2.65. The highest BCUT2D eigenvalue weighted by atomic mass is 32.2. The number of rotatable bonds is 3. The van der Waals surface area contributed by atoms with Crippen LogP contribution in [0.1, 0.15) is 0 Å². The Bertz CT molecular complexity index is 3450. The highest BCUT2D eigenvalue weighted by Crippen LogP contribution is 2.49. The summed E-state index contributed by atoms with van der Waals surface area (Å²) in [5, 5.41) is 2.63. The molecule has 3 nitrogen and oxygen atoms in total. The van der Waals surface area contributed by atoms with Crippen molar-refractivity contribution >= 4 is 141 Å². The minimum absolute atomic E-state index is 0.0114. The summed E-state index contributed by atoms with van der Waals surface area (Å²) in [5.41, 5.74) is 19.2. The van der Waals surface area contributed by atoms with Crippen LogP contribution in [0.25, 0.3) is 20.2 Å². The molecule has 9 aromatic carbocycles. The fourth-order valence-electron chi connectivity index (χ4n) is 10.9. The molecule has 10 aromatic rings. The number of hydrogen-bond acceptors (Lipinski definition) is 5. The molecule has 282 valence electrons. The smallest absolute Gasteiger partial charge is 0.252 e. The van der Waals surface area contributed by atoms with Gasteiger partial charge < -0.3 is 14.7 Å². The van der Waals surface area contributed by atoms with Gasteiger partial charge in [0.15, 0.2) is 0 Å². The molecule has 0 saturated carbocycles. The first-order valence-electron chi connectivity index (χ1n) is 21.0. The van der Waals surface area contributed by atoms with Crippen LogP contribution in [0, 0.1) is 0 Å². The fourth-order valence-corrected chi connectivity index (χ4v) is 13.3. The van der Waals surface area contributed by atoms with Crippen molar-refractivity contribution in [2.75, 3.05) is 14.7 Å². The van der Waals surface area contributed by atoms with Gasteiger partial charge in [-0.15, -0.1) is 11.3 Å². The maximum absolute atomic E-state index is 2.62. The second-order valence-corrected chi connectivity index (χ2v) is 18.5. The van der Waals surface area contributed by atoms with Crippen LogP contribution in [0.4, 0.5) is 51.2 Å². The summed E-state index contributed by atoms with van der Waals surface area (Å²) >= 11 is 3.85. The van der Waals surface area contributed by atoms with E-state index < -0.39 is 0 Å². The molecule has 0 bridgehead atoms. The van der Waals surface area contributed by atoms with Crippen molar-refractivity contribution in [2.24, 2.45) is 0 Å². The first kappa shape index (κ1) is 33.9. The minimum atomic E-state index is 0.0114. The Balaban J connectivity index is 1.08. The number of para-hydroxylation sites is 4. The zero-order chi connectivity index (χ0) is 39.8. The highest BCUT2D eigenvalue weighted by molar-refractivity contribution is 8.00. The molecule has 0 N–H and O–H groups in total. The van der Waals surface area contributed by atoms with Crippen LogP contribution in [0.5, 0.6) is 0 Å². The molecule has 14 rings (SSSR count). The molecule has 61 heavy (non-hydrogen) atoms. The predicted molar refractivity (Wildman–Crippen MR) is 263 cm³/mol. The van der Waals surface area contributed by atoms with E-state index in [1.54, 1.807) is 0 Å². The molecule has 1 aromatic heterocycles. The average molecular weight is 810 g/mol. The first-order valence-corrected chi connectivity index (χ1v) is 22.6. The van der Waals surface area contributed by atoms with Gasteiger partial charge in [-0.1, -0.05) is 139 Å². The molecule has 0 aliphatic carbocycles. The lowest BCUT2D eigenvalue weighted by Crippen LogP contribution is -2.64. The molecule has 0 radical (unpaired) electrons. The van der Waals surface area contributed by atoms with E-state index in [1.165, 1.54) is 108 Å². The second-order valence-electron chi connectivity index (χ2n) is 16.4. The van der Waals surface area contributed by atoms with Crippen molar-refractivity contribution in [2.45, 2.75) is 9.79 Å². The lowest BCUT2D eigenvalue weighted by atomic mass is 9.31. The van der Waals surface area contributed by atoms with Crippen LogP contribution in [-0.4, -0.2) is 13.4 Å². The van der Waals surface area contributed by atoms with E-state index in [-0.39, 0.29) is 13.4 Å². The Labute approximate surface area is 363 Å². The highest BCUT2D eigenvalue weighted by Gasteiger charge is 2.47. The maximum Gasteiger partial charge on any atom is 0.252 e. The van der Waals surface area contributed by atoms with E-state index in [4.69, 9.17) is 0 Å². The van der Waals surface area contributed by atoms with Crippen LogP contribution in [-0.2, 0) is 0 Å². The molecule has 0 atom stereocenters. The summed E-state index contributed by atoms with van der Waals surface area (Å²) in [6.07, 6.45) is 0. The molecule has 4 aliphatic heterocycles. The Hall–Kier alpha value is -6.92. The van der Waals surface area contributed by atoms with Gasteiger partial charge in [-0.05, 0) is 106 Å². The topological polar surface area (TPSA) is 9.72 Å². The van der Waals surface area contributed by atoms with E-state index in [2.05, 4.69) is 215 Å². The minimum Gasteiger partial charge on any atom is -0.311 e. The van der Waals surface area contributed by atoms with E-state index in [0.29, 0.717) is 0 Å². The van der Waals surface area contributed by atoms with Crippen molar-refractivity contribution in [1.82, 2.24) is 0 Å². The summed E-state index contributed by atoms with van der Waals surface area (Å²) in [6.45, 7) is 0.0945. The Morgan fingerprint density at radius 2 is 0.918 bits per heavy atom. The fraction of sp³-hybridized carbons (Fsp3) is 0. The summed E-state index contributed by atoms with van der Waals surface area (Å²) in [6, 6.07) is 74.7. The van der Waals surface area contributed by atoms with Gasteiger partial charge in [0.25, 0.3) is 6.71 Å². The third-order valence-electron chi connectivity index (χ3n) is 13.3. The zero-order valence-corrected chi connectivity index (χ0v) is 34.5. The zero-order valence-electron chi connectivity index (χ0n) is 32.9. The van der Waals surface area contributed by atoms with Gasteiger partial charge in [-0.3, -0.25) is 0 Å². The molecule has 0 saturated heterocycles. The van der Waals surface area contributed by atoms with Crippen LogP contribution in [0.15, 0.2) is 210 Å². The first-order chi connectivity index (χ1) is 30.3. The van der Waals surface area contributed by atoms with Crippen LogP contribution in [0.2, 0.25) is 0 Å². The summed E-state index contributed by atoms with van der Waals surface area (Å²) in [7, 11) is 0. The molecule has 4 aliphatic rings. The normalized spacial score (nSPS) is 14.0. The molecule has 0 spiro atoms. The van der Waals surface area contributed by atoms with Gasteiger partial charge >= 0.3 is 0 Å². The number of benzene rings is 9. The van der Waals surface area contributed by atoms with Gasteiger partial charge in [0.05, 0.1) is 10.4 Å². The van der Waals surface area contributed by atoms with Crippen LogP contribution < -0.4 is 47.5 Å². The van der Waals surface area contributed by atoms with E-state index in [1.807, 2.05) is 23.1 Å². The third-order valence-corrected chi connectivity index (χ3v) is 15.6. The van der Waals surface area contributed by atoms with Crippen molar-refractivity contribution in [3.63, 3.8) is 0 Å². The molecule has 7 heteroatoms. The molecule has 0 amide bonds. The van der Waals surface area contributed by atoms with Gasteiger partial charge in [0.2, 0.25) is 6.71 Å². The molecular weight excluding hydrogens is 776 g/mol. The number of thiophene rings is 1. The average Bonchev–Trinajstić information content (AvgIpc) is 3.71. The standard InChI is InChI=1S/C54H33B2N3S2/c1-4-16-34(17-5-1)57-43-24-12-11-23-39(43)55-42-32-41-47(33-50(42)60-49-29-15-27-46(57)52(49)55)58(35-18-6-2-7-19-35)44-25-14-26-45-51(44)56(41)40-31-30-38-37-22-10-13-28-48(37)61-54(38)53(40)59(45)36-20-8-3-9-21-36/h1-33H. The van der Waals surface area contributed by atoms with Gasteiger partial charge in [0, 0.05) is 70.8 Å². The van der Waals surface area contributed by atoms with Crippen molar-refractivity contribution < 1.29 is 0 Å². The monoisotopic (exact) mass is 809 g/mol. The van der Waals surface area contributed by atoms with Gasteiger partial charge in [0.1, 0.15) is 0 Å². The van der Waals surface area contributed by atoms with Crippen LogP contribution >= 0.6 is 23.1 Å². The lowest BCUT2D eigenvalue weighted by Gasteiger charge is -2.45. The largest absolute Gasteiger partial charge is 0.311 e. The van der Waals surface area contributed by atoms with E-state index in [0.717, 1.165) is 5.69 Å². The van der Waals surface area contributed by atoms with Crippen molar-refractivity contribution in [1.29, 1.82) is 0 Å². The maximum atomic E-state index is 2.62. The van der Waals surface area contributed by atoms with Crippen molar-refractivity contribution in [3.8, 4) is 0 Å². The van der Waals surface area contributed by atoms with E-state index in [9.17, 15) is 0 Å². The quantitative estimate of drug-likeness (QED) is 0.164. The summed E-state index contributed by atoms with van der Waals surface area (Å²) in [5.74, 6) is 0. The Morgan fingerprint density at radius 3 is 1.67 bits per heavy atom. The van der Waals surface area contributed by atoms with Gasteiger partial charge in [-0.25, -0.2) is 0 Å². The second kappa shape index (κ2) is 12.8. The van der Waals surface area contributed by atoms with Gasteiger partial charge in [-0.2, -0.15) is 0 Å². The Kier molecular flexibility index (Phi) is 7.10. The van der Waals surface area contributed by atoms with E-state index >= 15 is 0 Å².